The molecule has 43 heavy (non-hydrogen) atoms. The lowest BCUT2D eigenvalue weighted by molar-refractivity contribution is 0.0292. The normalized spacial score (nSPS) is 20.1. The first-order valence-corrected chi connectivity index (χ1v) is 15.8. The lowest BCUT2D eigenvalue weighted by Crippen LogP contribution is -2.53. The number of sulfonamides is 1. The number of likely N-dealkylation sites (tertiary alicyclic amines) is 1. The van der Waals surface area contributed by atoms with Gasteiger partial charge in [-0.15, -0.1) is 5.10 Å². The smallest absolute Gasteiger partial charge is 0.434 e. The number of H-pyrrole nitrogens is 1. The van der Waals surface area contributed by atoms with E-state index in [1.54, 1.807) is 51.7 Å². The first-order chi connectivity index (χ1) is 20.1. The molecule has 5 rings (SSSR count). The highest BCUT2D eigenvalue weighted by Gasteiger charge is 2.47. The van der Waals surface area contributed by atoms with Crippen LogP contribution in [-0.4, -0.2) is 65.3 Å². The van der Waals surface area contributed by atoms with Crippen LogP contribution in [0.2, 0.25) is 5.02 Å². The molecule has 232 valence electrons. The molecule has 3 atom stereocenters. The number of hydrogen-bond acceptors (Lipinski definition) is 8. The van der Waals surface area contributed by atoms with E-state index in [1.165, 1.54) is 22.5 Å². The molecule has 0 aliphatic carbocycles. The Morgan fingerprint density at radius 1 is 1.23 bits per heavy atom. The molecule has 1 saturated heterocycles. The Labute approximate surface area is 254 Å². The van der Waals surface area contributed by atoms with Gasteiger partial charge in [0, 0.05) is 30.1 Å². The number of carbonyl (C=O) groups is 1. The summed E-state index contributed by atoms with van der Waals surface area (Å²) in [4.78, 5) is 28.4. The summed E-state index contributed by atoms with van der Waals surface area (Å²) in [6, 6.07) is 5.98. The zero-order valence-corrected chi connectivity index (χ0v) is 26.4. The van der Waals surface area contributed by atoms with E-state index < -0.39 is 45.3 Å². The van der Waals surface area contributed by atoms with E-state index in [2.05, 4.69) is 10.2 Å². The van der Waals surface area contributed by atoms with Crippen LogP contribution >= 0.6 is 11.6 Å². The predicted molar refractivity (Wildman–Crippen MR) is 158 cm³/mol. The molecule has 0 saturated carbocycles. The van der Waals surface area contributed by atoms with Gasteiger partial charge in [0.1, 0.15) is 22.4 Å². The minimum absolute atomic E-state index is 0.0182. The van der Waals surface area contributed by atoms with Gasteiger partial charge in [-0.2, -0.15) is 4.31 Å². The lowest BCUT2D eigenvalue weighted by Gasteiger charge is -2.44. The van der Waals surface area contributed by atoms with E-state index >= 15 is 4.39 Å². The van der Waals surface area contributed by atoms with E-state index in [0.717, 1.165) is 5.56 Å². The molecular weight excluding hydrogens is 601 g/mol. The van der Waals surface area contributed by atoms with E-state index in [9.17, 15) is 18.0 Å². The summed E-state index contributed by atoms with van der Waals surface area (Å²) >= 11 is 6.35. The van der Waals surface area contributed by atoms with Gasteiger partial charge in [0.2, 0.25) is 15.9 Å². The van der Waals surface area contributed by atoms with Crippen LogP contribution in [0.3, 0.4) is 0 Å². The monoisotopic (exact) mass is 635 g/mol. The van der Waals surface area contributed by atoms with Crippen LogP contribution < -0.4 is 10.7 Å². The van der Waals surface area contributed by atoms with Gasteiger partial charge >= 0.3 is 11.8 Å². The zero-order valence-electron chi connectivity index (χ0n) is 24.8. The van der Waals surface area contributed by atoms with Gasteiger partial charge in [0.25, 0.3) is 0 Å². The first-order valence-electron chi connectivity index (χ1n) is 14.0. The van der Waals surface area contributed by atoms with Crippen molar-refractivity contribution < 1.29 is 26.8 Å². The number of nitrogens with one attached hydrogen (secondary N) is 1. The molecule has 3 aromatic rings. The van der Waals surface area contributed by atoms with Crippen molar-refractivity contribution in [1.82, 2.24) is 19.4 Å². The minimum Gasteiger partial charge on any atom is -0.444 e. The van der Waals surface area contributed by atoms with Crippen molar-refractivity contribution in [3.8, 4) is 0 Å². The summed E-state index contributed by atoms with van der Waals surface area (Å²) in [5, 5.41) is 6.56. The summed E-state index contributed by atoms with van der Waals surface area (Å²) in [5.41, 5.74) is 1.47. The fourth-order valence-electron chi connectivity index (χ4n) is 5.88. The molecule has 1 N–H and O–H groups in total. The number of benzene rings is 2. The van der Waals surface area contributed by atoms with E-state index in [-0.39, 0.29) is 35.6 Å². The number of nitrogens with zero attached hydrogens (tertiary/aromatic N) is 4. The van der Waals surface area contributed by atoms with Crippen molar-refractivity contribution >= 4 is 33.4 Å². The third-order valence-electron chi connectivity index (χ3n) is 8.04. The van der Waals surface area contributed by atoms with Crippen LogP contribution in [0.15, 0.2) is 44.4 Å². The third-order valence-corrected chi connectivity index (χ3v) is 10.1. The van der Waals surface area contributed by atoms with Crippen molar-refractivity contribution in [2.75, 3.05) is 24.7 Å². The van der Waals surface area contributed by atoms with Gasteiger partial charge in [-0.3, -0.25) is 0 Å². The Balaban J connectivity index is 1.61. The van der Waals surface area contributed by atoms with Gasteiger partial charge in [0.15, 0.2) is 0 Å². The van der Waals surface area contributed by atoms with Crippen LogP contribution in [0.1, 0.15) is 68.7 Å². The summed E-state index contributed by atoms with van der Waals surface area (Å²) in [5.74, 6) is -2.39. The zero-order chi connectivity index (χ0) is 31.4. The maximum Gasteiger partial charge on any atom is 0.434 e. The summed E-state index contributed by atoms with van der Waals surface area (Å²) in [6.45, 7) is 11.1. The highest BCUT2D eigenvalue weighted by atomic mass is 35.5. The standard InChI is InChI=1S/C29H35ClFN5O6S/c1-16-7-9-21(31)24(17(16)2)18(3)25(26-32-33-27(37)41-26)36-15-35(22-13-19(30)8-10-23(22)43(36,39)40)20-11-12-34(14-20)28(38)42-29(4,5)6/h7-10,13,18,20,25H,11-12,14-15H2,1-6H3,(H,33,37)/t18-,20-,25+/m1/s1. The molecule has 11 nitrogen and oxygen atoms in total. The van der Waals surface area contributed by atoms with Gasteiger partial charge in [0.05, 0.1) is 12.4 Å². The minimum atomic E-state index is -4.25. The molecule has 3 heterocycles. The molecule has 1 fully saturated rings. The average Bonchev–Trinajstić information content (AvgIpc) is 3.56. The Bertz CT molecular complexity index is 1720. The number of carbonyl (C=O) groups excluding carboxylic acids is 1. The van der Waals surface area contributed by atoms with Gasteiger partial charge in [-0.1, -0.05) is 24.6 Å². The predicted octanol–water partition coefficient (Wildman–Crippen LogP) is 5.09. The largest absolute Gasteiger partial charge is 0.444 e. The maximum absolute atomic E-state index is 15.4. The average molecular weight is 636 g/mol. The second-order valence-electron chi connectivity index (χ2n) is 12.1. The van der Waals surface area contributed by atoms with Crippen LogP contribution in [0.5, 0.6) is 0 Å². The molecular formula is C29H35ClFN5O6S. The van der Waals surface area contributed by atoms with Gasteiger partial charge < -0.3 is 19.0 Å². The quantitative estimate of drug-likeness (QED) is 0.410. The summed E-state index contributed by atoms with van der Waals surface area (Å²) < 4.78 is 56.1. The molecule has 0 spiro atoms. The molecule has 1 aromatic heterocycles. The highest BCUT2D eigenvalue weighted by Crippen LogP contribution is 2.46. The molecule has 1 amide bonds. The number of aryl methyl sites for hydroxylation is 1. The fourth-order valence-corrected chi connectivity index (χ4v) is 7.82. The molecule has 0 bridgehead atoms. The topological polar surface area (TPSA) is 129 Å². The SMILES string of the molecule is Cc1ccc(F)c([C@@H](C)[C@@H](c2n[nH]c(=O)o2)N2CN([C@@H]3CCN(C(=O)OC(C)(C)C)C3)c3cc(Cl)ccc3S2(=O)=O)c1C. The van der Waals surface area contributed by atoms with E-state index in [0.29, 0.717) is 29.2 Å². The Hall–Kier alpha value is -3.42. The second kappa shape index (κ2) is 11.3. The Kier molecular flexibility index (Phi) is 8.12. The summed E-state index contributed by atoms with van der Waals surface area (Å²) in [7, 11) is -4.25. The Morgan fingerprint density at radius 2 is 1.95 bits per heavy atom. The molecule has 2 aliphatic rings. The highest BCUT2D eigenvalue weighted by molar-refractivity contribution is 7.89. The number of amides is 1. The van der Waals surface area contributed by atoms with Crippen LogP contribution in [0.25, 0.3) is 0 Å². The fraction of sp³-hybridized carbons (Fsp3) is 0.483. The number of halogens is 2. The maximum atomic E-state index is 15.4. The van der Waals surface area contributed by atoms with Gasteiger partial charge in [-0.25, -0.2) is 27.5 Å². The summed E-state index contributed by atoms with van der Waals surface area (Å²) in [6.07, 6.45) is 0.0700. The van der Waals surface area contributed by atoms with Crippen molar-refractivity contribution in [1.29, 1.82) is 0 Å². The first kappa shape index (κ1) is 31.0. The number of aromatic amines is 1. The number of anilines is 1. The Morgan fingerprint density at radius 3 is 2.60 bits per heavy atom. The molecule has 2 aromatic carbocycles. The second-order valence-corrected chi connectivity index (χ2v) is 14.4. The molecule has 14 heteroatoms. The van der Waals surface area contributed by atoms with Crippen molar-refractivity contribution in [3.05, 3.63) is 74.3 Å². The molecule has 2 aliphatic heterocycles. The number of ether oxygens (including phenoxy) is 1. The van der Waals surface area contributed by atoms with Crippen molar-refractivity contribution in [3.63, 3.8) is 0 Å². The van der Waals surface area contributed by atoms with E-state index in [1.807, 2.05) is 11.8 Å². The van der Waals surface area contributed by atoms with Crippen LogP contribution in [-0.2, 0) is 14.8 Å². The van der Waals surface area contributed by atoms with Crippen molar-refractivity contribution in [2.45, 2.75) is 76.5 Å². The molecule has 0 radical (unpaired) electrons. The number of rotatable bonds is 5. The number of fused-ring (bicyclic) bond motifs is 1. The van der Waals surface area contributed by atoms with Gasteiger partial charge in [-0.05, 0) is 82.0 Å². The number of aromatic nitrogens is 2. The van der Waals surface area contributed by atoms with Crippen LogP contribution in [0, 0.1) is 19.7 Å². The van der Waals surface area contributed by atoms with Crippen molar-refractivity contribution in [2.24, 2.45) is 0 Å². The number of hydrogen-bond donors (Lipinski definition) is 1. The third kappa shape index (κ3) is 5.89. The molecule has 0 unspecified atom stereocenters. The lowest BCUT2D eigenvalue weighted by atomic mass is 9.87. The van der Waals surface area contributed by atoms with Crippen LogP contribution in [0.4, 0.5) is 14.9 Å². The van der Waals surface area contributed by atoms with E-state index in [4.69, 9.17) is 20.8 Å².